The molecular weight excluding hydrogens is 202 g/mol. The standard InChI is InChI=1S/C5H4BrNOS/c6-4-3-9-5(7-4)1-2-8/h2-3H,1H2. The van der Waals surface area contributed by atoms with E-state index in [1.165, 1.54) is 11.3 Å². The van der Waals surface area contributed by atoms with Crippen LogP contribution in [0, 0.1) is 0 Å². The number of nitrogens with zero attached hydrogens (tertiary/aromatic N) is 1. The van der Waals surface area contributed by atoms with Gasteiger partial charge < -0.3 is 4.79 Å². The first kappa shape index (κ1) is 6.89. The summed E-state index contributed by atoms with van der Waals surface area (Å²) in [5, 5.41) is 2.72. The molecule has 48 valence electrons. The van der Waals surface area contributed by atoms with Crippen molar-refractivity contribution >= 4 is 33.6 Å². The first-order valence-corrected chi connectivity index (χ1v) is 4.03. The normalized spacial score (nSPS) is 9.44. The highest BCUT2D eigenvalue weighted by Crippen LogP contribution is 2.14. The summed E-state index contributed by atoms with van der Waals surface area (Å²) in [6.07, 6.45) is 1.28. The van der Waals surface area contributed by atoms with Gasteiger partial charge in [0, 0.05) is 5.38 Å². The molecule has 0 atom stereocenters. The minimum Gasteiger partial charge on any atom is -0.303 e. The van der Waals surface area contributed by atoms with Crippen LogP contribution in [0.5, 0.6) is 0 Å². The van der Waals surface area contributed by atoms with Gasteiger partial charge in [-0.2, -0.15) is 0 Å². The summed E-state index contributed by atoms with van der Waals surface area (Å²) in [5.74, 6) is 0. The molecule has 9 heavy (non-hydrogen) atoms. The Morgan fingerprint density at radius 1 is 1.89 bits per heavy atom. The Labute approximate surface area is 65.1 Å². The van der Waals surface area contributed by atoms with Crippen LogP contribution >= 0.6 is 27.3 Å². The molecule has 0 fully saturated rings. The maximum atomic E-state index is 9.93. The van der Waals surface area contributed by atoms with Crippen molar-refractivity contribution in [2.45, 2.75) is 6.42 Å². The molecule has 0 aliphatic carbocycles. The van der Waals surface area contributed by atoms with E-state index in [9.17, 15) is 4.79 Å². The van der Waals surface area contributed by atoms with Crippen LogP contribution in [0.3, 0.4) is 0 Å². The number of halogens is 1. The predicted molar refractivity (Wildman–Crippen MR) is 39.6 cm³/mol. The lowest BCUT2D eigenvalue weighted by Gasteiger charge is -1.78. The van der Waals surface area contributed by atoms with Crippen molar-refractivity contribution in [1.29, 1.82) is 0 Å². The van der Waals surface area contributed by atoms with Gasteiger partial charge in [0.1, 0.15) is 15.9 Å². The van der Waals surface area contributed by atoms with Crippen LogP contribution in [0.1, 0.15) is 5.01 Å². The quantitative estimate of drug-likeness (QED) is 0.688. The lowest BCUT2D eigenvalue weighted by molar-refractivity contribution is -0.107. The molecule has 0 radical (unpaired) electrons. The van der Waals surface area contributed by atoms with E-state index < -0.39 is 0 Å². The summed E-state index contributed by atoms with van der Waals surface area (Å²) in [5.41, 5.74) is 0. The molecular formula is C5H4BrNOS. The summed E-state index contributed by atoms with van der Waals surface area (Å²) in [6, 6.07) is 0. The maximum absolute atomic E-state index is 9.93. The molecule has 0 amide bonds. The third kappa shape index (κ3) is 1.87. The van der Waals surface area contributed by atoms with E-state index in [0.717, 1.165) is 15.9 Å². The number of carbonyl (C=O) groups excluding carboxylic acids is 1. The maximum Gasteiger partial charge on any atom is 0.126 e. The van der Waals surface area contributed by atoms with Gasteiger partial charge in [-0.15, -0.1) is 11.3 Å². The Kier molecular flexibility index (Phi) is 2.36. The topological polar surface area (TPSA) is 30.0 Å². The number of hydrogen-bond acceptors (Lipinski definition) is 3. The number of rotatable bonds is 2. The van der Waals surface area contributed by atoms with Crippen LogP contribution in [0.4, 0.5) is 0 Å². The van der Waals surface area contributed by atoms with Gasteiger partial charge in [-0.05, 0) is 15.9 Å². The average molecular weight is 206 g/mol. The van der Waals surface area contributed by atoms with Crippen molar-refractivity contribution in [1.82, 2.24) is 4.98 Å². The number of hydrogen-bond donors (Lipinski definition) is 0. The summed E-state index contributed by atoms with van der Waals surface area (Å²) in [6.45, 7) is 0. The van der Waals surface area contributed by atoms with E-state index in [0.29, 0.717) is 6.42 Å². The van der Waals surface area contributed by atoms with E-state index in [4.69, 9.17) is 0 Å². The van der Waals surface area contributed by atoms with Crippen molar-refractivity contribution in [3.8, 4) is 0 Å². The molecule has 1 rings (SSSR count). The van der Waals surface area contributed by atoms with E-state index in [1.54, 1.807) is 0 Å². The smallest absolute Gasteiger partial charge is 0.126 e. The summed E-state index contributed by atoms with van der Waals surface area (Å²) in [7, 11) is 0. The molecule has 0 bridgehead atoms. The number of aromatic nitrogens is 1. The molecule has 0 unspecified atom stereocenters. The zero-order chi connectivity index (χ0) is 6.69. The Hall–Kier alpha value is -0.220. The SMILES string of the molecule is O=CCc1nc(Br)cs1. The van der Waals surface area contributed by atoms with Gasteiger partial charge in [-0.25, -0.2) is 4.98 Å². The fraction of sp³-hybridized carbons (Fsp3) is 0.200. The molecule has 1 aromatic rings. The van der Waals surface area contributed by atoms with Gasteiger partial charge >= 0.3 is 0 Å². The van der Waals surface area contributed by atoms with Crippen molar-refractivity contribution in [2.75, 3.05) is 0 Å². The van der Waals surface area contributed by atoms with Crippen LogP contribution < -0.4 is 0 Å². The van der Waals surface area contributed by atoms with Gasteiger partial charge in [0.05, 0.1) is 6.42 Å². The third-order valence-corrected chi connectivity index (χ3v) is 2.36. The highest BCUT2D eigenvalue weighted by atomic mass is 79.9. The molecule has 0 N–H and O–H groups in total. The van der Waals surface area contributed by atoms with Crippen molar-refractivity contribution in [2.24, 2.45) is 0 Å². The van der Waals surface area contributed by atoms with E-state index in [1.807, 2.05) is 5.38 Å². The monoisotopic (exact) mass is 205 g/mol. The Bertz CT molecular complexity index is 210. The lowest BCUT2D eigenvalue weighted by Crippen LogP contribution is -1.81. The predicted octanol–water partition coefficient (Wildman–Crippen LogP) is 1.65. The highest BCUT2D eigenvalue weighted by Gasteiger charge is 1.95. The number of aldehydes is 1. The molecule has 0 saturated heterocycles. The number of thiazole rings is 1. The van der Waals surface area contributed by atoms with E-state index >= 15 is 0 Å². The summed E-state index contributed by atoms with van der Waals surface area (Å²) >= 11 is 4.67. The van der Waals surface area contributed by atoms with E-state index in [2.05, 4.69) is 20.9 Å². The molecule has 0 aliphatic rings. The molecule has 1 heterocycles. The fourth-order valence-corrected chi connectivity index (χ4v) is 1.67. The molecule has 0 saturated carbocycles. The first-order chi connectivity index (χ1) is 4.33. The largest absolute Gasteiger partial charge is 0.303 e. The van der Waals surface area contributed by atoms with Crippen LogP contribution in [0.2, 0.25) is 0 Å². The van der Waals surface area contributed by atoms with Crippen molar-refractivity contribution in [3.63, 3.8) is 0 Å². The summed E-state index contributed by atoms with van der Waals surface area (Å²) < 4.78 is 0.810. The Balaban J connectivity index is 2.72. The van der Waals surface area contributed by atoms with Crippen LogP contribution in [-0.2, 0) is 11.2 Å². The highest BCUT2D eigenvalue weighted by molar-refractivity contribution is 9.10. The molecule has 4 heteroatoms. The van der Waals surface area contributed by atoms with Gasteiger partial charge in [-0.1, -0.05) is 0 Å². The van der Waals surface area contributed by atoms with Gasteiger partial charge in [0.15, 0.2) is 0 Å². The summed E-state index contributed by atoms with van der Waals surface area (Å²) in [4.78, 5) is 13.9. The second-order valence-electron chi connectivity index (χ2n) is 1.43. The minimum absolute atomic E-state index is 0.427. The average Bonchev–Trinajstić information content (AvgIpc) is 2.17. The molecule has 2 nitrogen and oxygen atoms in total. The van der Waals surface area contributed by atoms with Crippen molar-refractivity contribution in [3.05, 3.63) is 15.0 Å². The third-order valence-electron chi connectivity index (χ3n) is 0.782. The first-order valence-electron chi connectivity index (χ1n) is 2.36. The zero-order valence-electron chi connectivity index (χ0n) is 4.50. The molecule has 0 spiro atoms. The zero-order valence-corrected chi connectivity index (χ0v) is 6.91. The Morgan fingerprint density at radius 3 is 3.11 bits per heavy atom. The van der Waals surface area contributed by atoms with Gasteiger partial charge in [0.25, 0.3) is 0 Å². The van der Waals surface area contributed by atoms with Crippen LogP contribution in [-0.4, -0.2) is 11.3 Å². The minimum atomic E-state index is 0.427. The van der Waals surface area contributed by atoms with Gasteiger partial charge in [-0.3, -0.25) is 0 Å². The van der Waals surface area contributed by atoms with Gasteiger partial charge in [0.2, 0.25) is 0 Å². The fourth-order valence-electron chi connectivity index (χ4n) is 0.454. The molecule has 0 aromatic carbocycles. The molecule has 0 aliphatic heterocycles. The van der Waals surface area contributed by atoms with E-state index in [-0.39, 0.29) is 0 Å². The molecule has 1 aromatic heterocycles. The second-order valence-corrected chi connectivity index (χ2v) is 3.19. The van der Waals surface area contributed by atoms with Crippen molar-refractivity contribution < 1.29 is 4.79 Å². The van der Waals surface area contributed by atoms with Crippen LogP contribution in [0.15, 0.2) is 9.98 Å². The Morgan fingerprint density at radius 2 is 2.67 bits per heavy atom. The van der Waals surface area contributed by atoms with Crippen LogP contribution in [0.25, 0.3) is 0 Å². The number of carbonyl (C=O) groups is 1. The lowest BCUT2D eigenvalue weighted by atomic mass is 10.5. The second kappa shape index (κ2) is 3.08.